The van der Waals surface area contributed by atoms with Crippen LogP contribution in [0.3, 0.4) is 0 Å². The van der Waals surface area contributed by atoms with Crippen LogP contribution in [0.2, 0.25) is 0 Å². The van der Waals surface area contributed by atoms with Crippen LogP contribution in [0.4, 0.5) is 0 Å². The second kappa shape index (κ2) is 2.74. The number of rotatable bonds is 1. The van der Waals surface area contributed by atoms with Crippen LogP contribution in [-0.2, 0) is 0 Å². The lowest BCUT2D eigenvalue weighted by Gasteiger charge is -2.38. The molecular formula is C11H22N2. The van der Waals surface area contributed by atoms with Crippen LogP contribution in [0, 0.1) is 5.92 Å². The van der Waals surface area contributed by atoms with Gasteiger partial charge in [-0.15, -0.1) is 0 Å². The molecule has 1 saturated heterocycles. The van der Waals surface area contributed by atoms with Crippen molar-refractivity contribution >= 4 is 0 Å². The Balaban J connectivity index is 3.00. The van der Waals surface area contributed by atoms with Crippen LogP contribution >= 0.6 is 0 Å². The number of hydrogen-bond donors (Lipinski definition) is 1. The first kappa shape index (κ1) is 10.6. The summed E-state index contributed by atoms with van der Waals surface area (Å²) in [6, 6.07) is 0. The van der Waals surface area contributed by atoms with Crippen LogP contribution in [0.1, 0.15) is 34.1 Å². The van der Waals surface area contributed by atoms with E-state index in [1.165, 1.54) is 0 Å². The monoisotopic (exact) mass is 182 g/mol. The molecule has 0 radical (unpaired) electrons. The minimum Gasteiger partial charge on any atom is -0.402 e. The molecule has 1 atom stereocenters. The molecule has 1 unspecified atom stereocenters. The van der Waals surface area contributed by atoms with E-state index in [1.807, 2.05) is 0 Å². The molecule has 0 aromatic carbocycles. The number of nitrogens with zero attached hydrogens (tertiary/aromatic N) is 1. The van der Waals surface area contributed by atoms with E-state index in [1.54, 1.807) is 0 Å². The van der Waals surface area contributed by atoms with Crippen molar-refractivity contribution in [3.8, 4) is 0 Å². The molecule has 13 heavy (non-hydrogen) atoms. The lowest BCUT2D eigenvalue weighted by Crippen LogP contribution is -2.47. The zero-order chi connectivity index (χ0) is 10.4. The Bertz CT molecular complexity index is 228. The van der Waals surface area contributed by atoms with E-state index in [9.17, 15) is 0 Å². The van der Waals surface area contributed by atoms with Gasteiger partial charge in [-0.1, -0.05) is 6.58 Å². The van der Waals surface area contributed by atoms with Gasteiger partial charge in [0.25, 0.3) is 0 Å². The summed E-state index contributed by atoms with van der Waals surface area (Å²) in [6.45, 7) is 12.9. The van der Waals surface area contributed by atoms with E-state index >= 15 is 0 Å². The first-order valence-corrected chi connectivity index (χ1v) is 4.88. The summed E-state index contributed by atoms with van der Waals surface area (Å²) >= 11 is 0. The molecule has 0 aromatic heterocycles. The number of nitrogens with two attached hydrogens (primary N) is 1. The summed E-state index contributed by atoms with van der Waals surface area (Å²) in [6.07, 6.45) is 1.10. The molecule has 0 spiro atoms. The fourth-order valence-corrected chi connectivity index (χ4v) is 2.48. The van der Waals surface area contributed by atoms with Crippen LogP contribution in [0.5, 0.6) is 0 Å². The van der Waals surface area contributed by atoms with Gasteiger partial charge in [0, 0.05) is 22.7 Å². The summed E-state index contributed by atoms with van der Waals surface area (Å²) in [7, 11) is 2.17. The summed E-state index contributed by atoms with van der Waals surface area (Å²) in [5.41, 5.74) is 7.02. The molecule has 1 heterocycles. The Labute approximate surface area is 81.8 Å². The highest BCUT2D eigenvalue weighted by molar-refractivity contribution is 5.14. The van der Waals surface area contributed by atoms with E-state index in [-0.39, 0.29) is 11.1 Å². The van der Waals surface area contributed by atoms with Crippen molar-refractivity contribution in [2.75, 3.05) is 7.05 Å². The van der Waals surface area contributed by atoms with E-state index in [4.69, 9.17) is 5.73 Å². The van der Waals surface area contributed by atoms with Crippen LogP contribution in [-0.4, -0.2) is 23.0 Å². The fraction of sp³-hybridized carbons (Fsp3) is 0.818. The van der Waals surface area contributed by atoms with Crippen molar-refractivity contribution in [2.45, 2.75) is 45.2 Å². The first-order valence-electron chi connectivity index (χ1n) is 4.88. The van der Waals surface area contributed by atoms with Gasteiger partial charge in [-0.05, 0) is 41.2 Å². The standard InChI is InChI=1S/C11H22N2/c1-8(12)9-7-10(2,3)13(6)11(9,4)5/h9H,1,7,12H2,2-6H3. The zero-order valence-electron chi connectivity index (χ0n) is 9.52. The van der Waals surface area contributed by atoms with Gasteiger partial charge >= 0.3 is 0 Å². The Morgan fingerprint density at radius 3 is 2.00 bits per heavy atom. The molecule has 1 aliphatic heterocycles. The van der Waals surface area contributed by atoms with E-state index in [0.29, 0.717) is 5.92 Å². The molecule has 1 fully saturated rings. The lowest BCUT2D eigenvalue weighted by atomic mass is 9.85. The maximum atomic E-state index is 5.84. The molecule has 76 valence electrons. The topological polar surface area (TPSA) is 29.3 Å². The average molecular weight is 182 g/mol. The third kappa shape index (κ3) is 1.48. The van der Waals surface area contributed by atoms with E-state index in [0.717, 1.165) is 12.1 Å². The molecule has 0 saturated carbocycles. The van der Waals surface area contributed by atoms with E-state index < -0.39 is 0 Å². The van der Waals surface area contributed by atoms with Gasteiger partial charge < -0.3 is 5.73 Å². The number of likely N-dealkylation sites (tertiary alicyclic amines) is 1. The minimum atomic E-state index is 0.134. The van der Waals surface area contributed by atoms with Gasteiger partial charge in [0.1, 0.15) is 0 Å². The molecule has 2 nitrogen and oxygen atoms in total. The summed E-state index contributed by atoms with van der Waals surface area (Å²) < 4.78 is 0. The Hall–Kier alpha value is -0.500. The molecule has 1 aliphatic rings. The molecule has 0 aromatic rings. The van der Waals surface area contributed by atoms with Crippen molar-refractivity contribution in [1.82, 2.24) is 4.90 Å². The van der Waals surface area contributed by atoms with Gasteiger partial charge in [-0.2, -0.15) is 0 Å². The quantitative estimate of drug-likeness (QED) is 0.672. The summed E-state index contributed by atoms with van der Waals surface area (Å²) in [5, 5.41) is 0. The highest BCUT2D eigenvalue weighted by Gasteiger charge is 2.49. The average Bonchev–Trinajstić information content (AvgIpc) is 2.11. The van der Waals surface area contributed by atoms with Crippen LogP contribution in [0.15, 0.2) is 12.3 Å². The van der Waals surface area contributed by atoms with Crippen LogP contribution in [0.25, 0.3) is 0 Å². The second-order valence-corrected chi connectivity index (χ2v) is 5.36. The van der Waals surface area contributed by atoms with Gasteiger partial charge in [0.15, 0.2) is 0 Å². The molecule has 0 bridgehead atoms. The highest BCUT2D eigenvalue weighted by atomic mass is 15.3. The predicted molar refractivity (Wildman–Crippen MR) is 57.4 cm³/mol. The largest absolute Gasteiger partial charge is 0.402 e. The van der Waals surface area contributed by atoms with Gasteiger partial charge in [-0.25, -0.2) is 0 Å². The van der Waals surface area contributed by atoms with Crippen molar-refractivity contribution < 1.29 is 0 Å². The third-order valence-corrected chi connectivity index (χ3v) is 3.78. The molecule has 1 rings (SSSR count). The van der Waals surface area contributed by atoms with Crippen LogP contribution < -0.4 is 5.73 Å². The fourth-order valence-electron chi connectivity index (χ4n) is 2.48. The second-order valence-electron chi connectivity index (χ2n) is 5.36. The smallest absolute Gasteiger partial charge is 0.0238 e. The van der Waals surface area contributed by atoms with Gasteiger partial charge in [0.2, 0.25) is 0 Å². The summed E-state index contributed by atoms with van der Waals surface area (Å²) in [5.74, 6) is 0.410. The Kier molecular flexibility index (Phi) is 2.23. The molecule has 0 amide bonds. The molecule has 0 aliphatic carbocycles. The van der Waals surface area contributed by atoms with E-state index in [2.05, 4.69) is 46.2 Å². The van der Waals surface area contributed by atoms with Crippen molar-refractivity contribution in [3.05, 3.63) is 12.3 Å². The Morgan fingerprint density at radius 2 is 1.85 bits per heavy atom. The number of hydrogen-bond acceptors (Lipinski definition) is 2. The SMILES string of the molecule is C=C(N)C1CC(C)(C)N(C)C1(C)C. The maximum Gasteiger partial charge on any atom is 0.0238 e. The molecule has 2 heteroatoms. The third-order valence-electron chi connectivity index (χ3n) is 3.78. The van der Waals surface area contributed by atoms with Gasteiger partial charge in [0.05, 0.1) is 0 Å². The lowest BCUT2D eigenvalue weighted by molar-refractivity contribution is 0.105. The zero-order valence-corrected chi connectivity index (χ0v) is 9.52. The molecule has 2 N–H and O–H groups in total. The Morgan fingerprint density at radius 1 is 1.38 bits per heavy atom. The first-order chi connectivity index (χ1) is 5.69. The van der Waals surface area contributed by atoms with Gasteiger partial charge in [-0.3, -0.25) is 4.90 Å². The predicted octanol–water partition coefficient (Wildman–Crippen LogP) is 1.97. The maximum absolute atomic E-state index is 5.84. The minimum absolute atomic E-state index is 0.134. The van der Waals surface area contributed by atoms with Crippen molar-refractivity contribution in [3.63, 3.8) is 0 Å². The normalized spacial score (nSPS) is 31.9. The van der Waals surface area contributed by atoms with Crippen molar-refractivity contribution in [1.29, 1.82) is 0 Å². The molecular weight excluding hydrogens is 160 g/mol. The highest BCUT2D eigenvalue weighted by Crippen LogP contribution is 2.45. The summed E-state index contributed by atoms with van der Waals surface area (Å²) in [4.78, 5) is 2.41. The van der Waals surface area contributed by atoms with Crippen molar-refractivity contribution in [2.24, 2.45) is 11.7 Å².